The summed E-state index contributed by atoms with van der Waals surface area (Å²) in [7, 11) is 1.87. The Kier molecular flexibility index (Phi) is 2.08. The fourth-order valence-corrected chi connectivity index (χ4v) is 1.04. The van der Waals surface area contributed by atoms with E-state index in [9.17, 15) is 4.79 Å². The highest BCUT2D eigenvalue weighted by Crippen LogP contribution is 2.15. The van der Waals surface area contributed by atoms with Crippen LogP contribution in [0.2, 0.25) is 0 Å². The molecule has 3 heteroatoms. The molecule has 3 nitrogen and oxygen atoms in total. The largest absolute Gasteiger partial charge is 0.303 e. The normalized spacial score (nSPS) is 13.0. The number of aromatic nitrogens is 2. The second kappa shape index (κ2) is 2.86. The smallest absolute Gasteiger partial charge is 0.127 e. The molecule has 1 aromatic heterocycles. The molecule has 1 unspecified atom stereocenters. The third kappa shape index (κ3) is 1.31. The molecule has 0 N–H and O–H groups in total. The molecule has 0 spiro atoms. The third-order valence-corrected chi connectivity index (χ3v) is 1.97. The number of nitrogens with zero attached hydrogens (tertiary/aromatic N) is 2. The van der Waals surface area contributed by atoms with Crippen molar-refractivity contribution in [1.82, 2.24) is 9.78 Å². The van der Waals surface area contributed by atoms with Crippen molar-refractivity contribution < 1.29 is 4.79 Å². The summed E-state index contributed by atoms with van der Waals surface area (Å²) in [5, 5.41) is 4.04. The zero-order valence-corrected chi connectivity index (χ0v) is 7.03. The second-order valence-electron chi connectivity index (χ2n) is 2.73. The third-order valence-electron chi connectivity index (χ3n) is 1.97. The summed E-state index contributed by atoms with van der Waals surface area (Å²) < 4.78 is 1.77. The summed E-state index contributed by atoms with van der Waals surface area (Å²) in [5.74, 6) is -0.0382. The fourth-order valence-electron chi connectivity index (χ4n) is 1.04. The minimum Gasteiger partial charge on any atom is -0.303 e. The molecule has 0 aromatic carbocycles. The van der Waals surface area contributed by atoms with Gasteiger partial charge < -0.3 is 4.79 Å². The van der Waals surface area contributed by atoms with Gasteiger partial charge in [-0.1, -0.05) is 6.92 Å². The zero-order valence-electron chi connectivity index (χ0n) is 7.03. The number of aryl methyl sites for hydroxylation is 1. The van der Waals surface area contributed by atoms with Crippen molar-refractivity contribution in [1.29, 1.82) is 0 Å². The molecule has 1 atom stereocenters. The van der Waals surface area contributed by atoms with Gasteiger partial charge in [0.25, 0.3) is 0 Å². The summed E-state index contributed by atoms with van der Waals surface area (Å²) >= 11 is 0. The van der Waals surface area contributed by atoms with Crippen molar-refractivity contribution >= 4 is 6.29 Å². The lowest BCUT2D eigenvalue weighted by Crippen LogP contribution is -1.98. The predicted molar refractivity (Wildman–Crippen MR) is 42.4 cm³/mol. The average Bonchev–Trinajstić information content (AvgIpc) is 2.32. The summed E-state index contributed by atoms with van der Waals surface area (Å²) in [6, 6.07) is 0. The number of rotatable bonds is 2. The van der Waals surface area contributed by atoms with E-state index in [1.807, 2.05) is 20.9 Å². The van der Waals surface area contributed by atoms with Crippen molar-refractivity contribution in [2.45, 2.75) is 19.8 Å². The van der Waals surface area contributed by atoms with Crippen LogP contribution < -0.4 is 0 Å². The van der Waals surface area contributed by atoms with E-state index in [4.69, 9.17) is 0 Å². The van der Waals surface area contributed by atoms with Crippen LogP contribution in [-0.4, -0.2) is 16.1 Å². The Hall–Kier alpha value is -1.12. The van der Waals surface area contributed by atoms with Crippen LogP contribution in [0.1, 0.15) is 24.1 Å². The molecule has 60 valence electrons. The SMILES string of the molecule is Cc1c(C(C)C=O)cnn1C. The Balaban J connectivity index is 3.03. The number of carbonyl (C=O) groups is 1. The lowest BCUT2D eigenvalue weighted by molar-refractivity contribution is -0.108. The summed E-state index contributed by atoms with van der Waals surface area (Å²) in [5.41, 5.74) is 2.08. The minimum atomic E-state index is -0.0382. The van der Waals surface area contributed by atoms with Gasteiger partial charge in [-0.15, -0.1) is 0 Å². The van der Waals surface area contributed by atoms with Gasteiger partial charge in [0.05, 0.1) is 6.20 Å². The molecular formula is C8H12N2O. The van der Waals surface area contributed by atoms with Crippen LogP contribution in [0.4, 0.5) is 0 Å². The van der Waals surface area contributed by atoms with Gasteiger partial charge in [-0.25, -0.2) is 0 Å². The lowest BCUT2D eigenvalue weighted by Gasteiger charge is -2.01. The first-order chi connectivity index (χ1) is 5.16. The summed E-state index contributed by atoms with van der Waals surface area (Å²) in [6.07, 6.45) is 2.68. The predicted octanol–water partition coefficient (Wildman–Crippen LogP) is 1.03. The van der Waals surface area contributed by atoms with E-state index in [0.29, 0.717) is 0 Å². The van der Waals surface area contributed by atoms with Gasteiger partial charge in [0.15, 0.2) is 0 Å². The standard InChI is InChI=1S/C8H12N2O/c1-6(5-11)8-4-9-10(3)7(8)2/h4-6H,1-3H3. The topological polar surface area (TPSA) is 34.9 Å². The van der Waals surface area contributed by atoms with Crippen LogP contribution in [-0.2, 0) is 11.8 Å². The van der Waals surface area contributed by atoms with Gasteiger partial charge in [-0.3, -0.25) is 4.68 Å². The molecule has 11 heavy (non-hydrogen) atoms. The van der Waals surface area contributed by atoms with Crippen LogP contribution in [0.15, 0.2) is 6.20 Å². The quantitative estimate of drug-likeness (QED) is 0.593. The first-order valence-electron chi connectivity index (χ1n) is 3.60. The van der Waals surface area contributed by atoms with Gasteiger partial charge in [-0.05, 0) is 6.92 Å². The Morgan fingerprint density at radius 2 is 2.36 bits per heavy atom. The second-order valence-corrected chi connectivity index (χ2v) is 2.73. The maximum absolute atomic E-state index is 10.4. The first-order valence-corrected chi connectivity index (χ1v) is 3.60. The monoisotopic (exact) mass is 152 g/mol. The van der Waals surface area contributed by atoms with Crippen LogP contribution >= 0.6 is 0 Å². The Labute approximate surface area is 66.0 Å². The molecule has 0 saturated heterocycles. The highest BCUT2D eigenvalue weighted by atomic mass is 16.1. The molecule has 1 aromatic rings. The van der Waals surface area contributed by atoms with Crippen LogP contribution in [0.5, 0.6) is 0 Å². The van der Waals surface area contributed by atoms with E-state index in [1.165, 1.54) is 0 Å². The fraction of sp³-hybridized carbons (Fsp3) is 0.500. The van der Waals surface area contributed by atoms with Crippen LogP contribution in [0.3, 0.4) is 0 Å². The number of hydrogen-bond donors (Lipinski definition) is 0. The van der Waals surface area contributed by atoms with Gasteiger partial charge in [0.1, 0.15) is 6.29 Å². The molecule has 1 heterocycles. The molecule has 0 aliphatic carbocycles. The van der Waals surface area contributed by atoms with Crippen LogP contribution in [0, 0.1) is 6.92 Å². The molecule has 0 radical (unpaired) electrons. The Morgan fingerprint density at radius 1 is 1.73 bits per heavy atom. The molecule has 0 amide bonds. The highest BCUT2D eigenvalue weighted by molar-refractivity contribution is 5.61. The lowest BCUT2D eigenvalue weighted by atomic mass is 10.0. The maximum Gasteiger partial charge on any atom is 0.127 e. The Morgan fingerprint density at radius 3 is 2.73 bits per heavy atom. The molecule has 0 aliphatic heterocycles. The van der Waals surface area contributed by atoms with Crippen molar-refractivity contribution in [2.75, 3.05) is 0 Å². The molecule has 0 saturated carbocycles. The van der Waals surface area contributed by atoms with Gasteiger partial charge >= 0.3 is 0 Å². The van der Waals surface area contributed by atoms with E-state index >= 15 is 0 Å². The van der Waals surface area contributed by atoms with Crippen LogP contribution in [0.25, 0.3) is 0 Å². The molecule has 1 rings (SSSR count). The number of aldehydes is 1. The average molecular weight is 152 g/mol. The van der Waals surface area contributed by atoms with E-state index in [-0.39, 0.29) is 5.92 Å². The summed E-state index contributed by atoms with van der Waals surface area (Å²) in [4.78, 5) is 10.4. The van der Waals surface area contributed by atoms with E-state index in [0.717, 1.165) is 17.5 Å². The summed E-state index contributed by atoms with van der Waals surface area (Å²) in [6.45, 7) is 3.83. The molecule has 0 fully saturated rings. The molecule has 0 aliphatic rings. The van der Waals surface area contributed by atoms with Crippen molar-refractivity contribution in [3.63, 3.8) is 0 Å². The molecular weight excluding hydrogens is 140 g/mol. The van der Waals surface area contributed by atoms with E-state index in [2.05, 4.69) is 5.10 Å². The van der Waals surface area contributed by atoms with Crippen molar-refractivity contribution in [2.24, 2.45) is 7.05 Å². The highest BCUT2D eigenvalue weighted by Gasteiger charge is 2.09. The first kappa shape index (κ1) is 7.98. The Bertz CT molecular complexity index is 265. The van der Waals surface area contributed by atoms with E-state index in [1.54, 1.807) is 10.9 Å². The van der Waals surface area contributed by atoms with Crippen molar-refractivity contribution in [3.8, 4) is 0 Å². The van der Waals surface area contributed by atoms with Gasteiger partial charge in [0, 0.05) is 24.2 Å². The zero-order chi connectivity index (χ0) is 8.43. The molecule has 0 bridgehead atoms. The van der Waals surface area contributed by atoms with Gasteiger partial charge in [-0.2, -0.15) is 5.10 Å². The van der Waals surface area contributed by atoms with E-state index < -0.39 is 0 Å². The minimum absolute atomic E-state index is 0.0382. The van der Waals surface area contributed by atoms with Gasteiger partial charge in [0.2, 0.25) is 0 Å². The maximum atomic E-state index is 10.4. The van der Waals surface area contributed by atoms with Crippen molar-refractivity contribution in [3.05, 3.63) is 17.5 Å². The number of hydrogen-bond acceptors (Lipinski definition) is 2. The number of carbonyl (C=O) groups excluding carboxylic acids is 1.